The van der Waals surface area contributed by atoms with Crippen LogP contribution in [0.1, 0.15) is 28.8 Å². The number of nitrogens with one attached hydrogen (secondary N) is 1. The molecule has 2 aromatic heterocycles. The molecule has 2 rings (SSSR count). The van der Waals surface area contributed by atoms with E-state index >= 15 is 0 Å². The van der Waals surface area contributed by atoms with Crippen molar-refractivity contribution in [3.63, 3.8) is 0 Å². The number of carbonyl (C=O) groups is 1. The van der Waals surface area contributed by atoms with Crippen LogP contribution in [0.3, 0.4) is 0 Å². The van der Waals surface area contributed by atoms with Crippen molar-refractivity contribution in [1.82, 2.24) is 19.7 Å². The van der Waals surface area contributed by atoms with Gasteiger partial charge >= 0.3 is 5.97 Å². The van der Waals surface area contributed by atoms with E-state index in [1.54, 1.807) is 24.1 Å². The summed E-state index contributed by atoms with van der Waals surface area (Å²) in [5, 5.41) is 16.2. The summed E-state index contributed by atoms with van der Waals surface area (Å²) in [5.41, 5.74) is 0.958. The van der Waals surface area contributed by atoms with E-state index in [-0.39, 0.29) is 5.56 Å². The lowest BCUT2D eigenvalue weighted by molar-refractivity contribution is 0.0696. The van der Waals surface area contributed by atoms with Gasteiger partial charge in [0.25, 0.3) is 0 Å². The Kier molecular flexibility index (Phi) is 3.74. The number of aromatic carboxylic acids is 1. The fourth-order valence-electron chi connectivity index (χ4n) is 1.62. The first-order valence-corrected chi connectivity index (χ1v) is 5.91. The van der Waals surface area contributed by atoms with Gasteiger partial charge in [0, 0.05) is 12.7 Å². The Morgan fingerprint density at radius 3 is 2.84 bits per heavy atom. The van der Waals surface area contributed by atoms with Crippen molar-refractivity contribution in [2.24, 2.45) is 7.05 Å². The molecule has 0 amide bonds. The monoisotopic (exact) mass is 261 g/mol. The number of nitrogens with zero attached hydrogens (tertiary/aromatic N) is 4. The van der Waals surface area contributed by atoms with Gasteiger partial charge in [0.05, 0.1) is 12.1 Å². The Morgan fingerprint density at radius 2 is 2.26 bits per heavy atom. The van der Waals surface area contributed by atoms with Gasteiger partial charge in [-0.05, 0) is 18.6 Å². The van der Waals surface area contributed by atoms with E-state index in [4.69, 9.17) is 5.11 Å². The molecule has 0 fully saturated rings. The van der Waals surface area contributed by atoms with Gasteiger partial charge < -0.3 is 10.4 Å². The summed E-state index contributed by atoms with van der Waals surface area (Å²) in [6, 6.07) is 3.08. The summed E-state index contributed by atoms with van der Waals surface area (Å²) in [7, 11) is 1.79. The minimum absolute atomic E-state index is 0.225. The average Bonchev–Trinajstić information content (AvgIpc) is 2.81. The van der Waals surface area contributed by atoms with Crippen molar-refractivity contribution in [3.05, 3.63) is 35.5 Å². The van der Waals surface area contributed by atoms with Crippen LogP contribution in [0.5, 0.6) is 0 Å². The highest BCUT2D eigenvalue weighted by Gasteiger charge is 2.08. The Bertz CT molecular complexity index is 594. The van der Waals surface area contributed by atoms with Crippen LogP contribution >= 0.6 is 0 Å². The maximum Gasteiger partial charge on any atom is 0.335 e. The predicted molar refractivity (Wildman–Crippen MR) is 68.9 cm³/mol. The van der Waals surface area contributed by atoms with Crippen molar-refractivity contribution in [2.75, 3.05) is 5.32 Å². The molecule has 7 heteroatoms. The molecule has 0 aliphatic carbocycles. The molecule has 0 spiro atoms. The molecule has 0 atom stereocenters. The minimum atomic E-state index is -0.962. The number of carboxylic acid groups (broad SMARTS) is 1. The third-order valence-electron chi connectivity index (χ3n) is 2.56. The number of carboxylic acids is 1. The molecule has 2 N–H and O–H groups in total. The van der Waals surface area contributed by atoms with Gasteiger partial charge in [0.2, 0.25) is 0 Å². The first-order valence-electron chi connectivity index (χ1n) is 5.91. The van der Waals surface area contributed by atoms with E-state index in [1.165, 1.54) is 6.07 Å². The SMILES string of the molecule is CCc1cc(C(=O)O)cc(NCc2ncn(C)n2)n1. The first kappa shape index (κ1) is 13.0. The van der Waals surface area contributed by atoms with E-state index in [9.17, 15) is 4.79 Å². The van der Waals surface area contributed by atoms with Crippen molar-refractivity contribution in [3.8, 4) is 0 Å². The summed E-state index contributed by atoms with van der Waals surface area (Å²) in [6.45, 7) is 2.33. The highest BCUT2D eigenvalue weighted by atomic mass is 16.4. The summed E-state index contributed by atoms with van der Waals surface area (Å²) >= 11 is 0. The van der Waals surface area contributed by atoms with E-state index < -0.39 is 5.97 Å². The Hall–Kier alpha value is -2.44. The zero-order valence-electron chi connectivity index (χ0n) is 10.8. The minimum Gasteiger partial charge on any atom is -0.478 e. The molecule has 7 nitrogen and oxygen atoms in total. The largest absolute Gasteiger partial charge is 0.478 e. The number of hydrogen-bond donors (Lipinski definition) is 2. The van der Waals surface area contributed by atoms with Crippen LogP contribution in [-0.2, 0) is 20.0 Å². The van der Waals surface area contributed by atoms with Crippen LogP contribution < -0.4 is 5.32 Å². The lowest BCUT2D eigenvalue weighted by Gasteiger charge is -2.06. The second kappa shape index (κ2) is 5.47. The van der Waals surface area contributed by atoms with E-state index in [2.05, 4.69) is 20.4 Å². The van der Waals surface area contributed by atoms with Gasteiger partial charge in [0.1, 0.15) is 12.1 Å². The molecule has 0 aliphatic rings. The number of aromatic nitrogens is 4. The highest BCUT2D eigenvalue weighted by Crippen LogP contribution is 2.12. The number of aryl methyl sites for hydroxylation is 2. The fourth-order valence-corrected chi connectivity index (χ4v) is 1.62. The molecular formula is C12H15N5O2. The lowest BCUT2D eigenvalue weighted by Crippen LogP contribution is -2.07. The van der Waals surface area contributed by atoms with Gasteiger partial charge in [-0.15, -0.1) is 0 Å². The third-order valence-corrected chi connectivity index (χ3v) is 2.56. The molecule has 0 saturated carbocycles. The average molecular weight is 261 g/mol. The molecule has 2 aromatic rings. The number of rotatable bonds is 5. The molecule has 0 unspecified atom stereocenters. The van der Waals surface area contributed by atoms with Crippen LogP contribution in [0.25, 0.3) is 0 Å². The van der Waals surface area contributed by atoms with Crippen LogP contribution in [0.2, 0.25) is 0 Å². The summed E-state index contributed by atoms with van der Waals surface area (Å²) in [5.74, 6) is 0.184. The van der Waals surface area contributed by atoms with Gasteiger partial charge in [-0.1, -0.05) is 6.92 Å². The smallest absolute Gasteiger partial charge is 0.335 e. The van der Waals surface area contributed by atoms with E-state index in [0.29, 0.717) is 24.6 Å². The zero-order chi connectivity index (χ0) is 13.8. The van der Waals surface area contributed by atoms with Crippen LogP contribution in [0.15, 0.2) is 18.5 Å². The molecule has 0 aliphatic heterocycles. The Balaban J connectivity index is 2.15. The number of anilines is 1. The Morgan fingerprint density at radius 1 is 1.47 bits per heavy atom. The number of pyridine rings is 1. The van der Waals surface area contributed by atoms with Gasteiger partial charge in [-0.3, -0.25) is 4.68 Å². The highest BCUT2D eigenvalue weighted by molar-refractivity contribution is 5.88. The molecule has 0 radical (unpaired) electrons. The quantitative estimate of drug-likeness (QED) is 0.836. The van der Waals surface area contributed by atoms with Gasteiger partial charge in [-0.25, -0.2) is 14.8 Å². The standard InChI is InChI=1S/C12H15N5O2/c1-3-9-4-8(12(18)19)5-10(15-9)13-6-11-14-7-17(2)16-11/h4-5,7H,3,6H2,1-2H3,(H,13,15)(H,18,19). The topological polar surface area (TPSA) is 92.9 Å². The molecule has 0 aromatic carbocycles. The molecule has 2 heterocycles. The second-order valence-corrected chi connectivity index (χ2v) is 4.08. The third kappa shape index (κ3) is 3.27. The van der Waals surface area contributed by atoms with E-state index in [1.807, 2.05) is 6.92 Å². The summed E-state index contributed by atoms with van der Waals surface area (Å²) in [6.07, 6.45) is 2.28. The fraction of sp³-hybridized carbons (Fsp3) is 0.333. The second-order valence-electron chi connectivity index (χ2n) is 4.08. The van der Waals surface area contributed by atoms with Crippen LogP contribution in [-0.4, -0.2) is 30.8 Å². The molecule has 0 saturated heterocycles. The van der Waals surface area contributed by atoms with Crippen molar-refractivity contribution < 1.29 is 9.90 Å². The molecule has 0 bridgehead atoms. The van der Waals surface area contributed by atoms with Crippen molar-refractivity contribution in [2.45, 2.75) is 19.9 Å². The van der Waals surface area contributed by atoms with Gasteiger partial charge in [-0.2, -0.15) is 5.10 Å². The lowest BCUT2D eigenvalue weighted by atomic mass is 10.2. The maximum atomic E-state index is 11.0. The summed E-state index contributed by atoms with van der Waals surface area (Å²) < 4.78 is 1.61. The molecule has 19 heavy (non-hydrogen) atoms. The Labute approximate surface area is 110 Å². The molecular weight excluding hydrogens is 246 g/mol. The predicted octanol–water partition coefficient (Wildman–Crippen LogP) is 1.08. The number of hydrogen-bond acceptors (Lipinski definition) is 5. The zero-order valence-corrected chi connectivity index (χ0v) is 10.8. The molecule has 100 valence electrons. The summed E-state index contributed by atoms with van der Waals surface area (Å²) in [4.78, 5) is 19.4. The van der Waals surface area contributed by atoms with E-state index in [0.717, 1.165) is 5.69 Å². The van der Waals surface area contributed by atoms with Crippen molar-refractivity contribution >= 4 is 11.8 Å². The van der Waals surface area contributed by atoms with Crippen LogP contribution in [0, 0.1) is 0 Å². The van der Waals surface area contributed by atoms with Gasteiger partial charge in [0.15, 0.2) is 5.82 Å². The maximum absolute atomic E-state index is 11.0. The normalized spacial score (nSPS) is 10.4. The van der Waals surface area contributed by atoms with Crippen molar-refractivity contribution in [1.29, 1.82) is 0 Å². The first-order chi connectivity index (χ1) is 9.08. The van der Waals surface area contributed by atoms with Crippen LogP contribution in [0.4, 0.5) is 5.82 Å².